The normalized spacial score (nSPS) is 16.2. The number of nitrogens with zero attached hydrogens (tertiary/aromatic N) is 4. The SMILES string of the molecule is Cc1nc(C2CCN(Cc3cc(C#N)n(C)c3C)CC2)cc(=O)[nH]1. The fourth-order valence-electron chi connectivity index (χ4n) is 3.47. The molecule has 0 amide bonds. The highest BCUT2D eigenvalue weighted by molar-refractivity contribution is 5.34. The molecule has 126 valence electrons. The molecule has 2 aromatic rings. The number of nitrogens with one attached hydrogen (secondary N) is 1. The van der Waals surface area contributed by atoms with Crippen molar-refractivity contribution >= 4 is 0 Å². The first-order valence-electron chi connectivity index (χ1n) is 8.33. The average Bonchev–Trinajstić information content (AvgIpc) is 2.82. The number of hydrogen-bond donors (Lipinski definition) is 1. The summed E-state index contributed by atoms with van der Waals surface area (Å²) in [5.74, 6) is 1.04. The number of likely N-dealkylation sites (tertiary alicyclic amines) is 1. The maximum atomic E-state index is 11.6. The Bertz CT molecular complexity index is 834. The molecular weight excluding hydrogens is 302 g/mol. The van der Waals surface area contributed by atoms with Crippen LogP contribution < -0.4 is 5.56 Å². The molecule has 24 heavy (non-hydrogen) atoms. The Balaban J connectivity index is 1.65. The van der Waals surface area contributed by atoms with Crippen molar-refractivity contribution in [2.45, 2.75) is 39.2 Å². The lowest BCUT2D eigenvalue weighted by Gasteiger charge is -2.31. The summed E-state index contributed by atoms with van der Waals surface area (Å²) in [5, 5.41) is 9.15. The van der Waals surface area contributed by atoms with Gasteiger partial charge in [-0.3, -0.25) is 9.69 Å². The van der Waals surface area contributed by atoms with Crippen molar-refractivity contribution in [3.05, 3.63) is 51.0 Å². The van der Waals surface area contributed by atoms with E-state index in [9.17, 15) is 4.79 Å². The second kappa shape index (κ2) is 6.62. The molecule has 6 heteroatoms. The molecule has 1 saturated heterocycles. The van der Waals surface area contributed by atoms with E-state index in [1.54, 1.807) is 6.07 Å². The molecule has 0 unspecified atom stereocenters. The minimum atomic E-state index is -0.0659. The highest BCUT2D eigenvalue weighted by Gasteiger charge is 2.23. The van der Waals surface area contributed by atoms with Gasteiger partial charge < -0.3 is 9.55 Å². The van der Waals surface area contributed by atoms with E-state index in [2.05, 4.69) is 27.9 Å². The second-order valence-electron chi connectivity index (χ2n) is 6.62. The maximum Gasteiger partial charge on any atom is 0.251 e. The molecule has 0 aliphatic carbocycles. The smallest absolute Gasteiger partial charge is 0.251 e. The van der Waals surface area contributed by atoms with Gasteiger partial charge >= 0.3 is 0 Å². The molecule has 1 N–H and O–H groups in total. The molecule has 0 aromatic carbocycles. The number of nitriles is 1. The molecule has 3 rings (SSSR count). The van der Waals surface area contributed by atoms with Gasteiger partial charge in [-0.2, -0.15) is 5.26 Å². The van der Waals surface area contributed by atoms with Crippen LogP contribution in [0.1, 0.15) is 47.2 Å². The zero-order chi connectivity index (χ0) is 17.3. The number of piperidine rings is 1. The molecule has 1 aliphatic heterocycles. The number of rotatable bonds is 3. The highest BCUT2D eigenvalue weighted by Crippen LogP contribution is 2.27. The van der Waals surface area contributed by atoms with Crippen molar-refractivity contribution < 1.29 is 0 Å². The van der Waals surface area contributed by atoms with Gasteiger partial charge in [0.05, 0.1) is 5.69 Å². The largest absolute Gasteiger partial charge is 0.340 e. The van der Waals surface area contributed by atoms with E-state index < -0.39 is 0 Å². The summed E-state index contributed by atoms with van der Waals surface area (Å²) in [7, 11) is 1.94. The van der Waals surface area contributed by atoms with Crippen molar-refractivity contribution in [1.82, 2.24) is 19.4 Å². The zero-order valence-electron chi connectivity index (χ0n) is 14.5. The van der Waals surface area contributed by atoms with E-state index in [-0.39, 0.29) is 5.56 Å². The molecule has 6 nitrogen and oxygen atoms in total. The summed E-state index contributed by atoms with van der Waals surface area (Å²) in [5.41, 5.74) is 3.93. The third-order valence-corrected chi connectivity index (χ3v) is 5.03. The van der Waals surface area contributed by atoms with Crippen molar-refractivity contribution in [1.29, 1.82) is 5.26 Å². The minimum absolute atomic E-state index is 0.0659. The van der Waals surface area contributed by atoms with Crippen LogP contribution in [0, 0.1) is 25.2 Å². The quantitative estimate of drug-likeness (QED) is 0.936. The van der Waals surface area contributed by atoms with Gasteiger partial charge in [0.25, 0.3) is 5.56 Å². The maximum absolute atomic E-state index is 11.6. The Morgan fingerprint density at radius 3 is 2.62 bits per heavy atom. The first-order chi connectivity index (χ1) is 11.5. The lowest BCUT2D eigenvalue weighted by Crippen LogP contribution is -2.33. The van der Waals surface area contributed by atoms with Gasteiger partial charge in [0.2, 0.25) is 0 Å². The molecular formula is C18H23N5O. The lowest BCUT2D eigenvalue weighted by atomic mass is 9.93. The first-order valence-corrected chi connectivity index (χ1v) is 8.33. The molecule has 3 heterocycles. The summed E-state index contributed by atoms with van der Waals surface area (Å²) in [6.45, 7) is 6.72. The van der Waals surface area contributed by atoms with Crippen LogP contribution in [0.4, 0.5) is 0 Å². The fraction of sp³-hybridized carbons (Fsp3) is 0.500. The summed E-state index contributed by atoms with van der Waals surface area (Å²) in [6, 6.07) is 5.86. The zero-order valence-corrected chi connectivity index (χ0v) is 14.5. The van der Waals surface area contributed by atoms with Gasteiger partial charge in [0, 0.05) is 31.3 Å². The molecule has 1 aliphatic rings. The van der Waals surface area contributed by atoms with Crippen LogP contribution in [0.2, 0.25) is 0 Å². The van der Waals surface area contributed by atoms with Gasteiger partial charge in [-0.25, -0.2) is 4.98 Å². The first kappa shape index (κ1) is 16.5. The third kappa shape index (κ3) is 3.26. The van der Waals surface area contributed by atoms with Crippen LogP contribution >= 0.6 is 0 Å². The van der Waals surface area contributed by atoms with Crippen LogP contribution in [0.15, 0.2) is 16.9 Å². The number of H-pyrrole nitrogens is 1. The lowest BCUT2D eigenvalue weighted by molar-refractivity contribution is 0.202. The molecule has 1 fully saturated rings. The molecule has 2 aromatic heterocycles. The third-order valence-electron chi connectivity index (χ3n) is 5.03. The summed E-state index contributed by atoms with van der Waals surface area (Å²) in [6.07, 6.45) is 2.01. The minimum Gasteiger partial charge on any atom is -0.340 e. The molecule has 0 atom stereocenters. The molecule has 0 bridgehead atoms. The Labute approximate surface area is 141 Å². The van der Waals surface area contributed by atoms with Crippen molar-refractivity contribution in [2.24, 2.45) is 7.05 Å². The number of hydrogen-bond acceptors (Lipinski definition) is 4. The van der Waals surface area contributed by atoms with E-state index in [1.165, 1.54) is 5.56 Å². The Hall–Kier alpha value is -2.39. The highest BCUT2D eigenvalue weighted by atomic mass is 16.1. The van der Waals surface area contributed by atoms with Gasteiger partial charge in [0.15, 0.2) is 0 Å². The van der Waals surface area contributed by atoms with Crippen LogP contribution in [-0.4, -0.2) is 32.5 Å². The van der Waals surface area contributed by atoms with Crippen LogP contribution in [0.25, 0.3) is 0 Å². The Morgan fingerprint density at radius 1 is 1.33 bits per heavy atom. The average molecular weight is 325 g/mol. The van der Waals surface area contributed by atoms with E-state index in [0.29, 0.717) is 17.4 Å². The van der Waals surface area contributed by atoms with Crippen molar-refractivity contribution in [3.63, 3.8) is 0 Å². The van der Waals surface area contributed by atoms with E-state index >= 15 is 0 Å². The Morgan fingerprint density at radius 2 is 2.04 bits per heavy atom. The predicted molar refractivity (Wildman–Crippen MR) is 91.7 cm³/mol. The number of aromatic nitrogens is 3. The summed E-state index contributed by atoms with van der Waals surface area (Å²) < 4.78 is 1.95. The predicted octanol–water partition coefficient (Wildman–Crippen LogP) is 1.98. The summed E-state index contributed by atoms with van der Waals surface area (Å²) >= 11 is 0. The standard InChI is InChI=1S/C18H23N5O/c1-12-15(8-16(10-19)22(12)3)11-23-6-4-14(5-7-23)17-9-18(24)21-13(2)20-17/h8-9,14H,4-7,11H2,1-3H3,(H,20,21,24). The van der Waals surface area contributed by atoms with Gasteiger partial charge in [-0.05, 0) is 51.4 Å². The van der Waals surface area contributed by atoms with Gasteiger partial charge in [-0.15, -0.1) is 0 Å². The monoisotopic (exact) mass is 325 g/mol. The molecule has 0 spiro atoms. The summed E-state index contributed by atoms with van der Waals surface area (Å²) in [4.78, 5) is 21.2. The van der Waals surface area contributed by atoms with Gasteiger partial charge in [-0.1, -0.05) is 0 Å². The number of aromatic amines is 1. The topological polar surface area (TPSA) is 77.7 Å². The number of aryl methyl sites for hydroxylation is 1. The molecule has 0 saturated carbocycles. The fourth-order valence-corrected chi connectivity index (χ4v) is 3.47. The van der Waals surface area contributed by atoms with Crippen LogP contribution in [0.5, 0.6) is 0 Å². The van der Waals surface area contributed by atoms with E-state index in [0.717, 1.165) is 43.9 Å². The van der Waals surface area contributed by atoms with E-state index in [1.807, 2.05) is 24.6 Å². The Kier molecular flexibility index (Phi) is 4.54. The van der Waals surface area contributed by atoms with E-state index in [4.69, 9.17) is 5.26 Å². The second-order valence-corrected chi connectivity index (χ2v) is 6.62. The van der Waals surface area contributed by atoms with Crippen LogP contribution in [0.3, 0.4) is 0 Å². The van der Waals surface area contributed by atoms with Crippen molar-refractivity contribution in [3.8, 4) is 6.07 Å². The van der Waals surface area contributed by atoms with Crippen molar-refractivity contribution in [2.75, 3.05) is 13.1 Å². The van der Waals surface area contributed by atoms with Crippen LogP contribution in [-0.2, 0) is 13.6 Å². The van der Waals surface area contributed by atoms with Gasteiger partial charge in [0.1, 0.15) is 17.6 Å². The molecule has 0 radical (unpaired) electrons.